The first-order valence-electron chi connectivity index (χ1n) is 41.3. The molecule has 0 unspecified atom stereocenters. The minimum absolute atomic E-state index is 0.441. The number of para-hydroxylation sites is 2. The van der Waals surface area contributed by atoms with Crippen molar-refractivity contribution in [1.82, 2.24) is 0 Å². The van der Waals surface area contributed by atoms with Crippen LogP contribution in [0.2, 0.25) is 0 Å². The fourth-order valence-electron chi connectivity index (χ4n) is 19.4. The van der Waals surface area contributed by atoms with Crippen LogP contribution in [0.4, 0.5) is 34.1 Å². The Balaban J connectivity index is 0.000000145. The molecular weight excluding hydrogens is 1470 g/mol. The second-order valence-corrected chi connectivity index (χ2v) is 32.3. The van der Waals surface area contributed by atoms with E-state index >= 15 is 0 Å². The standard InChI is InChI=1S/C61H41NS.C55H37NO/c1-4-17-42(18-5-1)44-33-36-49(37-34-44)62(50-25-14-21-45(39-50)43-19-6-2-7-20-43)51-26-15-22-46(40-51)52-29-16-30-55-56-41-48(35-38-59(56)63-60(52)55)61(47-23-8-3-9-24-47)57-31-12-10-27-53(57)54-28-11-13-32-58(54)61;1-4-16-38(17-5-1)39-28-32-44(33-29-39)56(43-20-8-3-9-21-43)52-27-15-12-22-45(52)40-30-34-48-49-37-42(31-35-53(49)57-54(48)36-40)55(41-18-6-2-7-19-41)50-25-13-10-23-46(50)47-24-11-14-26-51(47)55/h1-41H;1-37H. The topological polar surface area (TPSA) is 19.6 Å². The van der Waals surface area contributed by atoms with Gasteiger partial charge in [0.05, 0.1) is 16.5 Å². The molecule has 0 fully saturated rings. The van der Waals surface area contributed by atoms with Crippen LogP contribution in [0.15, 0.2) is 478 Å². The fourth-order valence-corrected chi connectivity index (χ4v) is 20.6. The van der Waals surface area contributed by atoms with Gasteiger partial charge in [-0.15, -0.1) is 11.3 Å². The first kappa shape index (κ1) is 71.4. The summed E-state index contributed by atoms with van der Waals surface area (Å²) in [7, 11) is 0. The third-order valence-electron chi connectivity index (χ3n) is 24.7. The molecule has 2 aromatic heterocycles. The molecule has 0 bridgehead atoms. The summed E-state index contributed by atoms with van der Waals surface area (Å²) in [5.74, 6) is 0. The van der Waals surface area contributed by atoms with Crippen molar-refractivity contribution >= 4 is 87.6 Å². The van der Waals surface area contributed by atoms with Crippen LogP contribution in [-0.2, 0) is 10.8 Å². The smallest absolute Gasteiger partial charge is 0.136 e. The lowest BCUT2D eigenvalue weighted by Crippen LogP contribution is -2.28. The lowest BCUT2D eigenvalue weighted by Gasteiger charge is -2.34. The van der Waals surface area contributed by atoms with Gasteiger partial charge in [-0.3, -0.25) is 0 Å². The van der Waals surface area contributed by atoms with E-state index < -0.39 is 10.8 Å². The summed E-state index contributed by atoms with van der Waals surface area (Å²) in [6, 6.07) is 172. The van der Waals surface area contributed by atoms with Crippen LogP contribution in [-0.4, -0.2) is 0 Å². The summed E-state index contributed by atoms with van der Waals surface area (Å²) in [4.78, 5) is 4.74. The van der Waals surface area contributed by atoms with E-state index in [4.69, 9.17) is 4.42 Å². The molecule has 2 heterocycles. The van der Waals surface area contributed by atoms with Crippen molar-refractivity contribution in [2.45, 2.75) is 10.8 Å². The Labute approximate surface area is 703 Å². The second-order valence-electron chi connectivity index (χ2n) is 31.2. The molecule has 4 heteroatoms. The minimum atomic E-state index is -0.467. The van der Waals surface area contributed by atoms with Crippen molar-refractivity contribution in [3.63, 3.8) is 0 Å². The summed E-state index contributed by atoms with van der Waals surface area (Å²) < 4.78 is 9.31. The van der Waals surface area contributed by atoms with Gasteiger partial charge in [-0.05, 0) is 220 Å². The molecule has 2 aliphatic rings. The number of anilines is 6. The Bertz CT molecular complexity index is 7290. The highest BCUT2D eigenvalue weighted by Gasteiger charge is 2.48. The predicted octanol–water partition coefficient (Wildman–Crippen LogP) is 31.6. The molecule has 2 aliphatic carbocycles. The van der Waals surface area contributed by atoms with Crippen molar-refractivity contribution in [3.05, 3.63) is 518 Å². The monoisotopic (exact) mass is 1550 g/mol. The maximum Gasteiger partial charge on any atom is 0.136 e. The normalized spacial score (nSPS) is 12.6. The maximum absolute atomic E-state index is 6.72. The van der Waals surface area contributed by atoms with Gasteiger partial charge in [0, 0.05) is 64.9 Å². The molecule has 120 heavy (non-hydrogen) atoms. The molecule has 23 rings (SSSR count). The van der Waals surface area contributed by atoms with Crippen molar-refractivity contribution in [3.8, 4) is 77.9 Å². The summed E-state index contributed by atoms with van der Waals surface area (Å²) in [6.45, 7) is 0. The van der Waals surface area contributed by atoms with Crippen molar-refractivity contribution in [2.75, 3.05) is 9.80 Å². The maximum atomic E-state index is 6.72. The lowest BCUT2D eigenvalue weighted by atomic mass is 9.67. The Morgan fingerprint density at radius 3 is 1.09 bits per heavy atom. The summed E-state index contributed by atoms with van der Waals surface area (Å²) in [5.41, 5.74) is 34.8. The van der Waals surface area contributed by atoms with Crippen molar-refractivity contribution in [1.29, 1.82) is 0 Å². The first-order chi connectivity index (χ1) is 59.5. The third kappa shape index (κ3) is 12.1. The number of fused-ring (bicyclic) bond motifs is 12. The summed E-state index contributed by atoms with van der Waals surface area (Å²) >= 11 is 1.89. The Kier molecular flexibility index (Phi) is 17.9. The molecule has 21 aromatic rings. The molecule has 0 saturated heterocycles. The third-order valence-corrected chi connectivity index (χ3v) is 25.9. The van der Waals surface area contributed by atoms with E-state index in [1.54, 1.807) is 0 Å². The molecule has 564 valence electrons. The number of nitrogens with zero attached hydrogens (tertiary/aromatic N) is 2. The number of rotatable bonds is 15. The van der Waals surface area contributed by atoms with Gasteiger partial charge in [-0.25, -0.2) is 0 Å². The zero-order valence-electron chi connectivity index (χ0n) is 65.7. The molecule has 0 radical (unpaired) electrons. The zero-order chi connectivity index (χ0) is 79.5. The minimum Gasteiger partial charge on any atom is -0.456 e. The predicted molar refractivity (Wildman–Crippen MR) is 504 cm³/mol. The molecule has 0 saturated carbocycles. The Morgan fingerprint density at radius 1 is 0.192 bits per heavy atom. The number of thiophene rings is 1. The highest BCUT2D eigenvalue weighted by atomic mass is 32.1. The van der Waals surface area contributed by atoms with E-state index in [2.05, 4.69) is 483 Å². The van der Waals surface area contributed by atoms with Gasteiger partial charge in [0.15, 0.2) is 0 Å². The summed E-state index contributed by atoms with van der Waals surface area (Å²) in [5, 5.41) is 4.79. The average Bonchev–Trinajstić information content (AvgIpc) is 1.55. The Morgan fingerprint density at radius 2 is 0.558 bits per heavy atom. The molecule has 0 spiro atoms. The van der Waals surface area contributed by atoms with Gasteiger partial charge in [0.2, 0.25) is 0 Å². The second kappa shape index (κ2) is 30.1. The van der Waals surface area contributed by atoms with E-state index in [0.717, 1.165) is 67.2 Å². The number of hydrogen-bond acceptors (Lipinski definition) is 4. The number of benzene rings is 19. The van der Waals surface area contributed by atoms with Gasteiger partial charge >= 0.3 is 0 Å². The first-order valence-corrected chi connectivity index (χ1v) is 42.1. The van der Waals surface area contributed by atoms with Crippen molar-refractivity contribution in [2.24, 2.45) is 0 Å². The van der Waals surface area contributed by atoms with E-state index in [-0.39, 0.29) is 0 Å². The highest BCUT2D eigenvalue weighted by Crippen LogP contribution is 2.59. The number of hydrogen-bond donors (Lipinski definition) is 0. The van der Waals surface area contributed by atoms with Crippen LogP contribution in [0.1, 0.15) is 44.5 Å². The molecule has 19 aromatic carbocycles. The van der Waals surface area contributed by atoms with Crippen LogP contribution in [0.25, 0.3) is 120 Å². The van der Waals surface area contributed by atoms with E-state index in [1.807, 2.05) is 11.3 Å². The summed E-state index contributed by atoms with van der Waals surface area (Å²) in [6.07, 6.45) is 0. The zero-order valence-corrected chi connectivity index (χ0v) is 66.6. The van der Waals surface area contributed by atoms with Crippen LogP contribution in [0.3, 0.4) is 0 Å². The van der Waals surface area contributed by atoms with Crippen LogP contribution in [0, 0.1) is 0 Å². The quantitative estimate of drug-likeness (QED) is 0.102. The van der Waals surface area contributed by atoms with Gasteiger partial charge in [0.1, 0.15) is 11.2 Å². The Hall–Kier alpha value is -15.2. The van der Waals surface area contributed by atoms with Gasteiger partial charge in [-0.1, -0.05) is 370 Å². The van der Waals surface area contributed by atoms with Crippen molar-refractivity contribution < 1.29 is 4.42 Å². The molecule has 0 N–H and O–H groups in total. The largest absolute Gasteiger partial charge is 0.456 e. The van der Waals surface area contributed by atoms with Crippen LogP contribution < -0.4 is 9.80 Å². The molecule has 0 amide bonds. The van der Waals surface area contributed by atoms with Gasteiger partial charge in [0.25, 0.3) is 0 Å². The van der Waals surface area contributed by atoms with E-state index in [9.17, 15) is 0 Å². The van der Waals surface area contributed by atoms with Crippen LogP contribution >= 0.6 is 11.3 Å². The van der Waals surface area contributed by atoms with E-state index in [0.29, 0.717) is 0 Å². The average molecular weight is 1550 g/mol. The molecular formula is C116H78N2OS. The SMILES string of the molecule is c1ccc(-c2ccc(N(c3cccc(-c4ccccc4)c3)c3cccc(-c4cccc5c4sc4ccc(C6(c7ccccc7)c7ccccc7-c7ccccc76)cc45)c3)cc2)cc1.c1ccc(-c2ccc(N(c3ccccc3)c3ccccc3-c3ccc4c(c3)oc3ccc(C5(c6ccccc6)c6ccccc6-c6ccccc65)cc34)cc2)cc1. The fraction of sp³-hybridized carbons (Fsp3) is 0.0172. The van der Waals surface area contributed by atoms with Gasteiger partial charge in [-0.2, -0.15) is 0 Å². The van der Waals surface area contributed by atoms with Crippen LogP contribution in [0.5, 0.6) is 0 Å². The highest BCUT2D eigenvalue weighted by molar-refractivity contribution is 7.26. The van der Waals surface area contributed by atoms with E-state index in [1.165, 1.54) is 131 Å². The molecule has 3 nitrogen and oxygen atoms in total. The molecule has 0 aliphatic heterocycles. The lowest BCUT2D eigenvalue weighted by molar-refractivity contribution is 0.668. The molecule has 0 atom stereocenters. The number of furan rings is 1. The van der Waals surface area contributed by atoms with Gasteiger partial charge < -0.3 is 14.2 Å².